The second kappa shape index (κ2) is 6.41. The molecule has 4 rings (SSSR count). The number of amides is 1. The Hall–Kier alpha value is -2.28. The second-order valence-electron chi connectivity index (χ2n) is 8.59. The average molecular weight is 374 g/mol. The number of anilines is 2. The largest absolute Gasteiger partial charge is 0.460 e. The van der Waals surface area contributed by atoms with Crippen LogP contribution in [-0.2, 0) is 14.3 Å². The molecular formula is C20H26N2O5. The molecule has 4 atom stereocenters. The van der Waals surface area contributed by atoms with Gasteiger partial charge in [-0.15, -0.1) is 0 Å². The highest BCUT2D eigenvalue weighted by Gasteiger charge is 2.60. The smallest absolute Gasteiger partial charge is 0.414 e. The van der Waals surface area contributed by atoms with Crippen LogP contribution in [-0.4, -0.2) is 55.1 Å². The topological polar surface area (TPSA) is 79.3 Å². The Morgan fingerprint density at radius 3 is 2.33 bits per heavy atom. The van der Waals surface area contributed by atoms with Crippen molar-refractivity contribution in [1.29, 1.82) is 0 Å². The summed E-state index contributed by atoms with van der Waals surface area (Å²) in [6.45, 7) is 7.46. The zero-order valence-electron chi connectivity index (χ0n) is 15.9. The Morgan fingerprint density at radius 1 is 1.19 bits per heavy atom. The zero-order valence-corrected chi connectivity index (χ0v) is 15.9. The van der Waals surface area contributed by atoms with E-state index < -0.39 is 11.7 Å². The van der Waals surface area contributed by atoms with Gasteiger partial charge in [-0.2, -0.15) is 0 Å². The van der Waals surface area contributed by atoms with Gasteiger partial charge in [0.15, 0.2) is 0 Å². The van der Waals surface area contributed by atoms with E-state index in [1.165, 1.54) is 4.90 Å². The number of aliphatic hydroxyl groups is 1. The van der Waals surface area contributed by atoms with Gasteiger partial charge in [0.25, 0.3) is 0 Å². The molecule has 27 heavy (non-hydrogen) atoms. The number of hydrogen-bond acceptors (Lipinski definition) is 6. The molecule has 0 spiro atoms. The Balaban J connectivity index is 1.37. The molecule has 1 N–H and O–H groups in total. The number of nitrogens with zero attached hydrogens (tertiary/aromatic N) is 2. The van der Waals surface area contributed by atoms with E-state index in [-0.39, 0.29) is 31.1 Å². The monoisotopic (exact) mass is 374 g/mol. The second-order valence-corrected chi connectivity index (χ2v) is 8.59. The van der Waals surface area contributed by atoms with Crippen LogP contribution in [0.2, 0.25) is 0 Å². The molecule has 2 aliphatic heterocycles. The minimum absolute atomic E-state index is 0.0319. The van der Waals surface area contributed by atoms with Crippen LogP contribution in [0.25, 0.3) is 0 Å². The van der Waals surface area contributed by atoms with Crippen LogP contribution in [0.1, 0.15) is 20.8 Å². The Kier molecular flexibility index (Phi) is 4.29. The van der Waals surface area contributed by atoms with Crippen LogP contribution >= 0.6 is 0 Å². The van der Waals surface area contributed by atoms with Gasteiger partial charge < -0.3 is 19.5 Å². The molecule has 0 aromatic heterocycles. The molecule has 0 bridgehead atoms. The van der Waals surface area contributed by atoms with Crippen molar-refractivity contribution in [2.24, 2.45) is 17.8 Å². The molecule has 146 valence electrons. The number of hydrogen-bond donors (Lipinski definition) is 1. The third-order valence-corrected chi connectivity index (χ3v) is 5.54. The molecule has 1 saturated carbocycles. The SMILES string of the molecule is CC(C)(C)OC(=O)C1[C@H]2CN(c3ccc(N4C(=O)OC[C@H]4CO)cc3)C[C@@H]12. The zero-order chi connectivity index (χ0) is 19.3. The molecule has 0 radical (unpaired) electrons. The first kappa shape index (κ1) is 18.1. The molecule has 3 fully saturated rings. The van der Waals surface area contributed by atoms with Crippen LogP contribution in [0.5, 0.6) is 0 Å². The summed E-state index contributed by atoms with van der Waals surface area (Å²) in [6.07, 6.45) is -0.426. The lowest BCUT2D eigenvalue weighted by atomic mass is 10.1. The first-order valence-corrected chi connectivity index (χ1v) is 9.43. The van der Waals surface area contributed by atoms with E-state index in [1.807, 2.05) is 45.0 Å². The quantitative estimate of drug-likeness (QED) is 0.813. The number of carbonyl (C=O) groups excluding carboxylic acids is 2. The summed E-state index contributed by atoms with van der Waals surface area (Å²) in [6, 6.07) is 7.36. The Morgan fingerprint density at radius 2 is 1.78 bits per heavy atom. The van der Waals surface area contributed by atoms with Gasteiger partial charge in [-0.1, -0.05) is 0 Å². The maximum absolute atomic E-state index is 12.2. The fourth-order valence-corrected chi connectivity index (χ4v) is 4.19. The Bertz CT molecular complexity index is 730. The maximum Gasteiger partial charge on any atom is 0.414 e. The van der Waals surface area contributed by atoms with Gasteiger partial charge in [-0.05, 0) is 56.9 Å². The lowest BCUT2D eigenvalue weighted by molar-refractivity contribution is -0.157. The number of ether oxygens (including phenoxy) is 2. The minimum atomic E-state index is -0.438. The van der Waals surface area contributed by atoms with E-state index in [0.29, 0.717) is 11.8 Å². The van der Waals surface area contributed by atoms with Crippen molar-refractivity contribution >= 4 is 23.4 Å². The first-order chi connectivity index (χ1) is 12.8. The molecule has 2 saturated heterocycles. The van der Waals surface area contributed by atoms with Crippen molar-refractivity contribution in [3.63, 3.8) is 0 Å². The molecular weight excluding hydrogens is 348 g/mol. The van der Waals surface area contributed by atoms with E-state index in [0.717, 1.165) is 24.5 Å². The van der Waals surface area contributed by atoms with Crippen LogP contribution < -0.4 is 9.80 Å². The van der Waals surface area contributed by atoms with Crippen LogP contribution in [0, 0.1) is 17.8 Å². The molecule has 1 aliphatic carbocycles. The van der Waals surface area contributed by atoms with Gasteiger partial charge in [-0.3, -0.25) is 9.69 Å². The lowest BCUT2D eigenvalue weighted by Crippen LogP contribution is -2.36. The van der Waals surface area contributed by atoms with Gasteiger partial charge in [0.05, 0.1) is 18.6 Å². The predicted molar refractivity (Wildman–Crippen MR) is 99.7 cm³/mol. The van der Waals surface area contributed by atoms with Crippen molar-refractivity contribution in [2.75, 3.05) is 36.1 Å². The summed E-state index contributed by atoms with van der Waals surface area (Å²) in [4.78, 5) is 27.9. The normalized spacial score (nSPS) is 29.6. The number of esters is 1. The molecule has 1 amide bonds. The highest BCUT2D eigenvalue weighted by molar-refractivity contribution is 5.90. The molecule has 1 unspecified atom stereocenters. The van der Waals surface area contributed by atoms with Gasteiger partial charge in [-0.25, -0.2) is 4.79 Å². The Labute approximate surface area is 158 Å². The number of benzene rings is 1. The molecule has 7 nitrogen and oxygen atoms in total. The standard InChI is InChI=1S/C20H26N2O5/c1-20(2,3)27-18(24)17-15-8-21(9-16(15)17)12-4-6-13(7-5-12)22-14(10-23)11-26-19(22)25/h4-7,14-17,23H,8-11H2,1-3H3/t14-,15-,16+,17?/m1/s1. The fraction of sp³-hybridized carbons (Fsp3) is 0.600. The number of cyclic esters (lactones) is 1. The van der Waals surface area contributed by atoms with Gasteiger partial charge in [0, 0.05) is 24.5 Å². The highest BCUT2D eigenvalue weighted by Crippen LogP contribution is 2.53. The third kappa shape index (κ3) is 3.36. The van der Waals surface area contributed by atoms with Crippen molar-refractivity contribution in [2.45, 2.75) is 32.4 Å². The number of piperidine rings is 1. The van der Waals surface area contributed by atoms with Crippen LogP contribution in [0.15, 0.2) is 24.3 Å². The molecule has 7 heteroatoms. The molecule has 3 aliphatic rings. The van der Waals surface area contributed by atoms with Gasteiger partial charge in [0.1, 0.15) is 12.2 Å². The molecule has 1 aromatic rings. The summed E-state index contributed by atoms with van der Waals surface area (Å²) < 4.78 is 10.5. The van der Waals surface area contributed by atoms with E-state index in [2.05, 4.69) is 4.90 Å². The summed E-state index contributed by atoms with van der Waals surface area (Å²) in [5.41, 5.74) is 1.35. The number of fused-ring (bicyclic) bond motifs is 1. The fourth-order valence-electron chi connectivity index (χ4n) is 4.19. The molecule has 2 heterocycles. The number of carbonyl (C=O) groups is 2. The van der Waals surface area contributed by atoms with Crippen molar-refractivity contribution in [1.82, 2.24) is 0 Å². The van der Waals surface area contributed by atoms with Crippen LogP contribution in [0.4, 0.5) is 16.2 Å². The van der Waals surface area contributed by atoms with Gasteiger partial charge >= 0.3 is 12.1 Å². The highest BCUT2D eigenvalue weighted by atomic mass is 16.6. The predicted octanol–water partition coefficient (Wildman–Crippen LogP) is 2.03. The number of aliphatic hydroxyl groups excluding tert-OH is 1. The third-order valence-electron chi connectivity index (χ3n) is 5.54. The minimum Gasteiger partial charge on any atom is -0.460 e. The maximum atomic E-state index is 12.2. The first-order valence-electron chi connectivity index (χ1n) is 9.43. The van der Waals surface area contributed by atoms with E-state index >= 15 is 0 Å². The van der Waals surface area contributed by atoms with E-state index in [1.54, 1.807) is 0 Å². The summed E-state index contributed by atoms with van der Waals surface area (Å²) in [5, 5.41) is 9.40. The van der Waals surface area contributed by atoms with Crippen molar-refractivity contribution < 1.29 is 24.2 Å². The summed E-state index contributed by atoms with van der Waals surface area (Å²) in [7, 11) is 0. The van der Waals surface area contributed by atoms with E-state index in [9.17, 15) is 14.7 Å². The number of rotatable bonds is 4. The van der Waals surface area contributed by atoms with Crippen molar-refractivity contribution in [3.05, 3.63) is 24.3 Å². The lowest BCUT2D eigenvalue weighted by Gasteiger charge is -2.25. The average Bonchev–Trinajstić information content (AvgIpc) is 2.93. The molecule has 1 aromatic carbocycles. The summed E-state index contributed by atoms with van der Waals surface area (Å²) in [5.74, 6) is 0.693. The van der Waals surface area contributed by atoms with Crippen molar-refractivity contribution in [3.8, 4) is 0 Å². The summed E-state index contributed by atoms with van der Waals surface area (Å²) >= 11 is 0. The van der Waals surface area contributed by atoms with Gasteiger partial charge in [0.2, 0.25) is 0 Å². The van der Waals surface area contributed by atoms with Crippen LogP contribution in [0.3, 0.4) is 0 Å². The van der Waals surface area contributed by atoms with E-state index in [4.69, 9.17) is 9.47 Å².